The van der Waals surface area contributed by atoms with Crippen LogP contribution < -0.4 is 16.0 Å². The van der Waals surface area contributed by atoms with Gasteiger partial charge >= 0.3 is 6.09 Å². The van der Waals surface area contributed by atoms with E-state index in [1.54, 1.807) is 15.9 Å². The van der Waals surface area contributed by atoms with Gasteiger partial charge in [0.05, 0.1) is 6.61 Å². The van der Waals surface area contributed by atoms with Crippen molar-refractivity contribution >= 4 is 29.6 Å². The maximum atomic E-state index is 13.7. The molecule has 12 heteroatoms. The number of hydrogen-bond acceptors (Lipinski definition) is 8. The van der Waals surface area contributed by atoms with Crippen LogP contribution in [0.3, 0.4) is 0 Å². The smallest absolute Gasteiger partial charge is 0.409 e. The molecule has 1 aromatic carbocycles. The van der Waals surface area contributed by atoms with E-state index in [1.807, 2.05) is 51.1 Å². The molecule has 1 saturated carbocycles. The van der Waals surface area contributed by atoms with Crippen molar-refractivity contribution < 1.29 is 23.9 Å². The number of carbonyl (C=O) groups excluding carboxylic acids is 4. The Hall–Kier alpha value is -4.22. The number of benzene rings is 1. The summed E-state index contributed by atoms with van der Waals surface area (Å²) in [6, 6.07) is 10.3. The minimum Gasteiger partial charge on any atom is -0.449 e. The SMILES string of the molecule is CCCCOC(=O)N1CCN(C(=O)[C@@H](NC(=O)c2cc(N3C[C@@H]4C(C(N)=O)[C@@H]4C3)nc(-c3ccccc3)n2)C(C)C)CC1. The number of fused-ring (bicyclic) bond motifs is 1. The number of hydrogen-bond donors (Lipinski definition) is 2. The van der Waals surface area contributed by atoms with E-state index in [0.29, 0.717) is 57.5 Å². The first-order valence-electron chi connectivity index (χ1n) is 15.2. The van der Waals surface area contributed by atoms with Crippen LogP contribution in [0.5, 0.6) is 0 Å². The minimum absolute atomic E-state index is 0.0965. The third-order valence-corrected chi connectivity index (χ3v) is 8.62. The molecule has 3 aliphatic rings. The summed E-state index contributed by atoms with van der Waals surface area (Å²) in [5.41, 5.74) is 6.46. The van der Waals surface area contributed by atoms with E-state index in [2.05, 4.69) is 15.2 Å². The summed E-state index contributed by atoms with van der Waals surface area (Å²) in [7, 11) is 0. The van der Waals surface area contributed by atoms with Gasteiger partial charge in [0.15, 0.2) is 5.82 Å². The molecule has 3 heterocycles. The Morgan fingerprint density at radius 2 is 1.65 bits per heavy atom. The van der Waals surface area contributed by atoms with E-state index < -0.39 is 11.9 Å². The van der Waals surface area contributed by atoms with E-state index in [0.717, 1.165) is 18.4 Å². The largest absolute Gasteiger partial charge is 0.449 e. The van der Waals surface area contributed by atoms with Gasteiger partial charge in [-0.2, -0.15) is 0 Å². The fourth-order valence-electron chi connectivity index (χ4n) is 5.99. The highest BCUT2D eigenvalue weighted by Crippen LogP contribution is 2.52. The molecule has 2 aromatic rings. The average Bonchev–Trinajstić information content (AvgIpc) is 3.53. The quantitative estimate of drug-likeness (QED) is 0.399. The van der Waals surface area contributed by atoms with E-state index in [9.17, 15) is 19.2 Å². The van der Waals surface area contributed by atoms with Gasteiger partial charge in [0, 0.05) is 56.8 Å². The fraction of sp³-hybridized carbons (Fsp3) is 0.548. The van der Waals surface area contributed by atoms with Crippen molar-refractivity contribution in [2.24, 2.45) is 29.4 Å². The summed E-state index contributed by atoms with van der Waals surface area (Å²) in [5.74, 6) is 0.203. The number of amides is 4. The number of primary amides is 1. The first kappa shape index (κ1) is 30.2. The van der Waals surface area contributed by atoms with Crippen molar-refractivity contribution in [1.82, 2.24) is 25.1 Å². The maximum absolute atomic E-state index is 13.7. The zero-order valence-electron chi connectivity index (χ0n) is 25.1. The number of nitrogens with two attached hydrogens (primary N) is 1. The minimum atomic E-state index is -0.773. The molecule has 1 aliphatic carbocycles. The third-order valence-electron chi connectivity index (χ3n) is 8.62. The van der Waals surface area contributed by atoms with Gasteiger partial charge in [-0.3, -0.25) is 14.4 Å². The summed E-state index contributed by atoms with van der Waals surface area (Å²) < 4.78 is 5.31. The van der Waals surface area contributed by atoms with E-state index >= 15 is 0 Å². The van der Waals surface area contributed by atoms with Crippen LogP contribution in [-0.2, 0) is 14.3 Å². The molecular formula is C31H41N7O5. The lowest BCUT2D eigenvalue weighted by atomic mass is 10.0. The second-order valence-electron chi connectivity index (χ2n) is 11.9. The molecule has 0 radical (unpaired) electrons. The predicted octanol–water partition coefficient (Wildman–Crippen LogP) is 2.15. The van der Waals surface area contributed by atoms with Crippen LogP contribution in [0.25, 0.3) is 11.4 Å². The second kappa shape index (κ2) is 13.0. The summed E-state index contributed by atoms with van der Waals surface area (Å²) in [6.07, 6.45) is 1.40. The number of anilines is 1. The van der Waals surface area contributed by atoms with Gasteiger partial charge in [-0.05, 0) is 24.2 Å². The number of unbranched alkanes of at least 4 members (excludes halogenated alkanes) is 1. The molecule has 4 atom stereocenters. The number of nitrogens with zero attached hydrogens (tertiary/aromatic N) is 5. The standard InChI is InChI=1S/C31H41N7O5/c1-4-5-15-43-31(42)37-13-11-36(12-14-37)30(41)26(19(2)3)35-29(40)23-16-24(34-28(33-23)20-9-7-6-8-10-20)38-17-21-22(18-38)25(21)27(32)39/h6-10,16,19,21-22,25-26H,4-5,11-15,17-18H2,1-3H3,(H2,32,39)(H,35,40)/t21-,22+,25?,26-/m0/s1. The number of piperidine rings is 1. The zero-order valence-corrected chi connectivity index (χ0v) is 25.1. The number of rotatable bonds is 10. The van der Waals surface area contributed by atoms with Gasteiger partial charge in [0.1, 0.15) is 17.6 Å². The Morgan fingerprint density at radius 3 is 2.26 bits per heavy atom. The molecule has 12 nitrogen and oxygen atoms in total. The van der Waals surface area contributed by atoms with E-state index in [4.69, 9.17) is 15.5 Å². The fourth-order valence-corrected chi connectivity index (χ4v) is 5.99. The Labute approximate surface area is 252 Å². The molecule has 1 unspecified atom stereocenters. The number of piperazine rings is 1. The van der Waals surface area contributed by atoms with Gasteiger partial charge in [-0.25, -0.2) is 14.8 Å². The number of carbonyl (C=O) groups is 4. The molecule has 4 amide bonds. The predicted molar refractivity (Wildman–Crippen MR) is 160 cm³/mol. The van der Waals surface area contributed by atoms with Crippen LogP contribution in [0.4, 0.5) is 10.6 Å². The first-order valence-corrected chi connectivity index (χ1v) is 15.2. The Balaban J connectivity index is 1.28. The molecule has 43 heavy (non-hydrogen) atoms. The molecule has 0 spiro atoms. The summed E-state index contributed by atoms with van der Waals surface area (Å²) in [6.45, 7) is 8.93. The highest BCUT2D eigenvalue weighted by atomic mass is 16.6. The highest BCUT2D eigenvalue weighted by Gasteiger charge is 2.59. The van der Waals surface area contributed by atoms with E-state index in [-0.39, 0.29) is 47.3 Å². The number of nitrogens with one attached hydrogen (secondary N) is 1. The molecule has 3 fully saturated rings. The monoisotopic (exact) mass is 591 g/mol. The van der Waals surface area contributed by atoms with Crippen LogP contribution in [0.2, 0.25) is 0 Å². The van der Waals surface area contributed by atoms with Gasteiger partial charge in [-0.1, -0.05) is 57.5 Å². The van der Waals surface area contributed by atoms with Gasteiger partial charge in [0.25, 0.3) is 5.91 Å². The molecule has 230 valence electrons. The lowest BCUT2D eigenvalue weighted by Gasteiger charge is -2.36. The molecular weight excluding hydrogens is 550 g/mol. The van der Waals surface area contributed by atoms with Crippen molar-refractivity contribution in [1.29, 1.82) is 0 Å². The Bertz CT molecular complexity index is 1330. The highest BCUT2D eigenvalue weighted by molar-refractivity contribution is 5.97. The molecule has 3 N–H and O–H groups in total. The average molecular weight is 592 g/mol. The Morgan fingerprint density at radius 1 is 1.00 bits per heavy atom. The summed E-state index contributed by atoms with van der Waals surface area (Å²) in [5, 5.41) is 2.93. The first-order chi connectivity index (χ1) is 20.7. The second-order valence-corrected chi connectivity index (χ2v) is 11.9. The van der Waals surface area contributed by atoms with Crippen molar-refractivity contribution in [2.75, 3.05) is 50.8 Å². The van der Waals surface area contributed by atoms with Gasteiger partial charge < -0.3 is 30.5 Å². The van der Waals surface area contributed by atoms with Crippen LogP contribution in [0, 0.1) is 23.7 Å². The lowest BCUT2D eigenvalue weighted by molar-refractivity contribution is -0.136. The van der Waals surface area contributed by atoms with Crippen LogP contribution in [0.15, 0.2) is 36.4 Å². The molecule has 0 bridgehead atoms. The topological polar surface area (TPSA) is 151 Å². The zero-order chi connectivity index (χ0) is 30.7. The van der Waals surface area contributed by atoms with E-state index in [1.165, 1.54) is 0 Å². The lowest BCUT2D eigenvalue weighted by Crippen LogP contribution is -2.57. The number of ether oxygens (including phenoxy) is 1. The van der Waals surface area contributed by atoms with Gasteiger partial charge in [0.2, 0.25) is 11.8 Å². The summed E-state index contributed by atoms with van der Waals surface area (Å²) in [4.78, 5) is 66.0. The van der Waals surface area contributed by atoms with Gasteiger partial charge in [-0.15, -0.1) is 0 Å². The summed E-state index contributed by atoms with van der Waals surface area (Å²) >= 11 is 0. The van der Waals surface area contributed by atoms with Crippen LogP contribution in [-0.4, -0.2) is 95.5 Å². The van der Waals surface area contributed by atoms with Crippen molar-refractivity contribution in [3.8, 4) is 11.4 Å². The number of aromatic nitrogens is 2. The Kier molecular flexibility index (Phi) is 9.12. The van der Waals surface area contributed by atoms with Crippen LogP contribution >= 0.6 is 0 Å². The van der Waals surface area contributed by atoms with Crippen LogP contribution in [0.1, 0.15) is 44.1 Å². The molecule has 1 aromatic heterocycles. The van der Waals surface area contributed by atoms with Crippen molar-refractivity contribution in [3.05, 3.63) is 42.1 Å². The van der Waals surface area contributed by atoms with Crippen molar-refractivity contribution in [2.45, 2.75) is 39.7 Å². The molecule has 2 saturated heterocycles. The van der Waals surface area contributed by atoms with Crippen molar-refractivity contribution in [3.63, 3.8) is 0 Å². The third kappa shape index (κ3) is 6.73. The molecule has 2 aliphatic heterocycles. The maximum Gasteiger partial charge on any atom is 0.409 e. The molecule has 5 rings (SSSR count). The normalized spacial score (nSPS) is 21.8.